The fourth-order valence-electron chi connectivity index (χ4n) is 2.21. The number of nitrogens with zero attached hydrogens (tertiary/aromatic N) is 4. The molecule has 0 saturated heterocycles. The zero-order valence-electron chi connectivity index (χ0n) is 11.6. The second kappa shape index (κ2) is 5.32. The summed E-state index contributed by atoms with van der Waals surface area (Å²) >= 11 is 6.27. The average Bonchev–Trinajstić information content (AvgIpc) is 2.81. The molecular formula is C12H19ClN6. The molecule has 19 heavy (non-hydrogen) atoms. The fourth-order valence-corrected chi connectivity index (χ4v) is 2.45. The second-order valence-electron chi connectivity index (χ2n) is 4.70. The number of hydrogen-bond acceptors (Lipinski definition) is 4. The molecule has 2 heterocycles. The summed E-state index contributed by atoms with van der Waals surface area (Å²) in [5.74, 6) is 5.68. The van der Waals surface area contributed by atoms with Crippen molar-refractivity contribution in [3.05, 3.63) is 33.9 Å². The Kier molecular flexibility index (Phi) is 3.93. The van der Waals surface area contributed by atoms with Crippen molar-refractivity contribution in [2.45, 2.75) is 26.3 Å². The molecule has 0 aliphatic heterocycles. The molecule has 2 aromatic heterocycles. The van der Waals surface area contributed by atoms with Gasteiger partial charge in [0.1, 0.15) is 0 Å². The molecule has 1 atom stereocenters. The molecule has 6 nitrogen and oxygen atoms in total. The lowest BCUT2D eigenvalue weighted by Gasteiger charge is -2.16. The predicted octanol–water partition coefficient (Wildman–Crippen LogP) is 1.17. The second-order valence-corrected chi connectivity index (χ2v) is 5.08. The fraction of sp³-hybridized carbons (Fsp3) is 0.500. The van der Waals surface area contributed by atoms with E-state index in [4.69, 9.17) is 17.4 Å². The average molecular weight is 283 g/mol. The van der Waals surface area contributed by atoms with Crippen LogP contribution >= 0.6 is 11.6 Å². The molecule has 104 valence electrons. The number of rotatable bonds is 4. The largest absolute Gasteiger partial charge is 0.273 e. The summed E-state index contributed by atoms with van der Waals surface area (Å²) in [5, 5.41) is 9.26. The first-order valence-electron chi connectivity index (χ1n) is 6.08. The maximum atomic E-state index is 6.27. The number of nitrogens with one attached hydrogen (secondary N) is 1. The highest BCUT2D eigenvalue weighted by Gasteiger charge is 2.20. The van der Waals surface area contributed by atoms with Crippen molar-refractivity contribution in [1.82, 2.24) is 25.0 Å². The molecule has 2 rings (SSSR count). The van der Waals surface area contributed by atoms with Gasteiger partial charge in [0.15, 0.2) is 0 Å². The number of hydrazine groups is 1. The minimum atomic E-state index is -0.0407. The van der Waals surface area contributed by atoms with E-state index < -0.39 is 0 Å². The Balaban J connectivity index is 2.32. The van der Waals surface area contributed by atoms with Crippen LogP contribution in [0.1, 0.15) is 28.7 Å². The summed E-state index contributed by atoms with van der Waals surface area (Å²) in [6.45, 7) is 3.91. The molecule has 0 aliphatic carbocycles. The van der Waals surface area contributed by atoms with Gasteiger partial charge in [-0.1, -0.05) is 11.6 Å². The number of aryl methyl sites for hydroxylation is 3. The standard InChI is InChI=1S/C12H19ClN6/c1-7-12(13)11(19(4)17-7)5-10(16-14)9-6-15-18(3)8(9)2/h6,10,16H,5,14H2,1-4H3. The van der Waals surface area contributed by atoms with E-state index in [0.717, 1.165) is 22.6 Å². The molecule has 3 N–H and O–H groups in total. The van der Waals surface area contributed by atoms with E-state index >= 15 is 0 Å². The first-order valence-corrected chi connectivity index (χ1v) is 6.46. The van der Waals surface area contributed by atoms with E-state index in [1.54, 1.807) is 4.68 Å². The van der Waals surface area contributed by atoms with Gasteiger partial charge >= 0.3 is 0 Å². The van der Waals surface area contributed by atoms with Crippen LogP contribution in [0.25, 0.3) is 0 Å². The number of aromatic nitrogens is 4. The van der Waals surface area contributed by atoms with Gasteiger partial charge in [0, 0.05) is 31.8 Å². The summed E-state index contributed by atoms with van der Waals surface area (Å²) in [6, 6.07) is -0.0407. The van der Waals surface area contributed by atoms with Gasteiger partial charge < -0.3 is 0 Å². The molecule has 0 radical (unpaired) electrons. The molecule has 2 aromatic rings. The zero-order valence-corrected chi connectivity index (χ0v) is 12.4. The van der Waals surface area contributed by atoms with Crippen LogP contribution in [0.4, 0.5) is 0 Å². The quantitative estimate of drug-likeness (QED) is 0.652. The molecule has 0 spiro atoms. The highest BCUT2D eigenvalue weighted by atomic mass is 35.5. The molecule has 7 heteroatoms. The Hall–Kier alpha value is -1.37. The van der Waals surface area contributed by atoms with Gasteiger partial charge in [0.25, 0.3) is 0 Å². The van der Waals surface area contributed by atoms with Crippen molar-refractivity contribution in [1.29, 1.82) is 0 Å². The summed E-state index contributed by atoms with van der Waals surface area (Å²) in [4.78, 5) is 0. The third-order valence-corrected chi connectivity index (χ3v) is 4.00. The minimum Gasteiger partial charge on any atom is -0.273 e. The lowest BCUT2D eigenvalue weighted by molar-refractivity contribution is 0.527. The Morgan fingerprint density at radius 2 is 2.05 bits per heavy atom. The molecule has 0 aliphatic rings. The number of hydrogen-bond donors (Lipinski definition) is 2. The summed E-state index contributed by atoms with van der Waals surface area (Å²) in [5.41, 5.74) is 6.78. The van der Waals surface area contributed by atoms with E-state index in [-0.39, 0.29) is 6.04 Å². The molecule has 0 fully saturated rings. The van der Waals surface area contributed by atoms with Gasteiger partial charge in [-0.3, -0.25) is 20.6 Å². The zero-order chi connectivity index (χ0) is 14.2. The maximum Gasteiger partial charge on any atom is 0.0847 e. The normalized spacial score (nSPS) is 12.9. The van der Waals surface area contributed by atoms with Crippen molar-refractivity contribution in [3.8, 4) is 0 Å². The highest BCUT2D eigenvalue weighted by Crippen LogP contribution is 2.26. The van der Waals surface area contributed by atoms with Gasteiger partial charge in [-0.05, 0) is 13.8 Å². The maximum absolute atomic E-state index is 6.27. The van der Waals surface area contributed by atoms with Crippen LogP contribution in [-0.4, -0.2) is 19.6 Å². The first-order chi connectivity index (χ1) is 8.95. The topological polar surface area (TPSA) is 73.7 Å². The van der Waals surface area contributed by atoms with Crippen molar-refractivity contribution in [2.24, 2.45) is 19.9 Å². The summed E-state index contributed by atoms with van der Waals surface area (Å²) < 4.78 is 3.63. The Morgan fingerprint density at radius 3 is 2.47 bits per heavy atom. The van der Waals surface area contributed by atoms with Crippen LogP contribution in [0, 0.1) is 13.8 Å². The van der Waals surface area contributed by atoms with Gasteiger partial charge in [0.05, 0.1) is 28.6 Å². The van der Waals surface area contributed by atoms with Crippen LogP contribution in [-0.2, 0) is 20.5 Å². The first kappa shape index (κ1) is 14.0. The number of nitrogens with two attached hydrogens (primary N) is 1. The van der Waals surface area contributed by atoms with Crippen LogP contribution in [0.2, 0.25) is 5.02 Å². The summed E-state index contributed by atoms with van der Waals surface area (Å²) in [6.07, 6.45) is 2.50. The Bertz CT molecular complexity index is 585. The minimum absolute atomic E-state index is 0.0407. The molecule has 1 unspecified atom stereocenters. The van der Waals surface area contributed by atoms with Crippen molar-refractivity contribution in [2.75, 3.05) is 0 Å². The smallest absolute Gasteiger partial charge is 0.0847 e. The van der Waals surface area contributed by atoms with Gasteiger partial charge in [-0.25, -0.2) is 0 Å². The van der Waals surface area contributed by atoms with E-state index in [0.29, 0.717) is 11.4 Å². The lowest BCUT2D eigenvalue weighted by Crippen LogP contribution is -2.30. The van der Waals surface area contributed by atoms with Gasteiger partial charge in [-0.15, -0.1) is 0 Å². The van der Waals surface area contributed by atoms with Crippen LogP contribution in [0.15, 0.2) is 6.20 Å². The van der Waals surface area contributed by atoms with E-state index in [2.05, 4.69) is 15.6 Å². The predicted molar refractivity (Wildman–Crippen MR) is 74.7 cm³/mol. The van der Waals surface area contributed by atoms with Crippen LogP contribution in [0.3, 0.4) is 0 Å². The van der Waals surface area contributed by atoms with Crippen molar-refractivity contribution < 1.29 is 0 Å². The van der Waals surface area contributed by atoms with Gasteiger partial charge in [0.2, 0.25) is 0 Å². The van der Waals surface area contributed by atoms with Crippen molar-refractivity contribution in [3.63, 3.8) is 0 Å². The van der Waals surface area contributed by atoms with Gasteiger partial charge in [-0.2, -0.15) is 10.2 Å². The van der Waals surface area contributed by atoms with Crippen LogP contribution in [0.5, 0.6) is 0 Å². The molecule has 0 amide bonds. The monoisotopic (exact) mass is 282 g/mol. The number of halogens is 1. The Labute approximate surface area is 117 Å². The molecule has 0 saturated carbocycles. The molecular weight excluding hydrogens is 264 g/mol. The lowest BCUT2D eigenvalue weighted by atomic mass is 10.0. The SMILES string of the molecule is Cc1nn(C)c(CC(NN)c2cnn(C)c2C)c1Cl. The van der Waals surface area contributed by atoms with E-state index in [1.807, 2.05) is 38.8 Å². The summed E-state index contributed by atoms with van der Waals surface area (Å²) in [7, 11) is 3.80. The van der Waals surface area contributed by atoms with E-state index in [1.165, 1.54) is 0 Å². The molecule has 0 bridgehead atoms. The Morgan fingerprint density at radius 1 is 1.37 bits per heavy atom. The third kappa shape index (κ3) is 2.51. The van der Waals surface area contributed by atoms with E-state index in [9.17, 15) is 0 Å². The van der Waals surface area contributed by atoms with Crippen molar-refractivity contribution >= 4 is 11.6 Å². The molecule has 0 aromatic carbocycles. The highest BCUT2D eigenvalue weighted by molar-refractivity contribution is 6.31. The van der Waals surface area contributed by atoms with Crippen LogP contribution < -0.4 is 11.3 Å². The third-order valence-electron chi connectivity index (χ3n) is 3.51.